The lowest BCUT2D eigenvalue weighted by atomic mass is 10.1. The van der Waals surface area contributed by atoms with E-state index in [2.05, 4.69) is 10.5 Å². The fourth-order valence-electron chi connectivity index (χ4n) is 2.01. The molecule has 21 heavy (non-hydrogen) atoms. The molecular weight excluding hydrogens is 272 g/mol. The van der Waals surface area contributed by atoms with Crippen molar-refractivity contribution < 1.29 is 19.2 Å². The molecule has 0 aliphatic rings. The van der Waals surface area contributed by atoms with Gasteiger partial charge in [-0.15, -0.1) is 0 Å². The summed E-state index contributed by atoms with van der Waals surface area (Å²) >= 11 is 0. The highest BCUT2D eigenvalue weighted by molar-refractivity contribution is 5.79. The van der Waals surface area contributed by atoms with E-state index in [1.807, 2.05) is 6.92 Å². The number of aryl methyl sites for hydroxylation is 2. The van der Waals surface area contributed by atoms with E-state index in [-0.39, 0.29) is 18.1 Å². The maximum atomic E-state index is 11.9. The Balaban J connectivity index is 1.95. The Morgan fingerprint density at radius 3 is 2.81 bits per heavy atom. The second-order valence-corrected chi connectivity index (χ2v) is 4.76. The van der Waals surface area contributed by atoms with Gasteiger partial charge in [0.15, 0.2) is 11.5 Å². The van der Waals surface area contributed by atoms with Gasteiger partial charge in [0.05, 0.1) is 19.2 Å². The Labute approximate surface area is 122 Å². The van der Waals surface area contributed by atoms with Crippen molar-refractivity contribution in [1.29, 1.82) is 0 Å². The van der Waals surface area contributed by atoms with Crippen LogP contribution < -0.4 is 10.1 Å². The van der Waals surface area contributed by atoms with E-state index in [4.69, 9.17) is 9.26 Å². The van der Waals surface area contributed by atoms with Gasteiger partial charge < -0.3 is 19.7 Å². The van der Waals surface area contributed by atoms with Gasteiger partial charge in [0.2, 0.25) is 5.91 Å². The zero-order chi connectivity index (χ0) is 15.4. The third-order valence-electron chi connectivity index (χ3n) is 3.25. The third kappa shape index (κ3) is 3.53. The minimum absolute atomic E-state index is 0.0725. The molecule has 0 atom stereocenters. The van der Waals surface area contributed by atoms with Gasteiger partial charge in [-0.2, -0.15) is 0 Å². The number of ether oxygens (including phenoxy) is 1. The number of carbonyl (C=O) groups is 1. The topological polar surface area (TPSA) is 84.6 Å². The van der Waals surface area contributed by atoms with Crippen LogP contribution in [0.15, 0.2) is 22.7 Å². The summed E-state index contributed by atoms with van der Waals surface area (Å²) in [6.07, 6.45) is 0.233. The molecule has 1 aromatic carbocycles. The van der Waals surface area contributed by atoms with Crippen molar-refractivity contribution >= 4 is 5.91 Å². The highest BCUT2D eigenvalue weighted by Crippen LogP contribution is 2.26. The molecule has 0 bridgehead atoms. The highest BCUT2D eigenvalue weighted by atomic mass is 16.5. The predicted octanol–water partition coefficient (Wildman–Crippen LogP) is 1.86. The SMILES string of the molecule is COc1cc(CNC(=O)Cc2c(C)noc2C)ccc1O. The first-order valence-corrected chi connectivity index (χ1v) is 6.55. The molecule has 112 valence electrons. The number of methoxy groups -OCH3 is 1. The van der Waals surface area contributed by atoms with E-state index in [1.54, 1.807) is 19.1 Å². The fraction of sp³-hybridized carbons (Fsp3) is 0.333. The maximum absolute atomic E-state index is 11.9. The standard InChI is InChI=1S/C15H18N2O4/c1-9-12(10(2)21-17-9)7-15(19)16-8-11-4-5-13(18)14(6-11)20-3/h4-6,18H,7-8H2,1-3H3,(H,16,19). The Kier molecular flexibility index (Phi) is 4.47. The molecule has 6 nitrogen and oxygen atoms in total. The van der Waals surface area contributed by atoms with Crippen LogP contribution in [0.25, 0.3) is 0 Å². The van der Waals surface area contributed by atoms with E-state index in [1.165, 1.54) is 13.2 Å². The van der Waals surface area contributed by atoms with E-state index in [9.17, 15) is 9.90 Å². The molecule has 2 rings (SSSR count). The van der Waals surface area contributed by atoms with Gasteiger partial charge >= 0.3 is 0 Å². The molecule has 0 spiro atoms. The third-order valence-corrected chi connectivity index (χ3v) is 3.25. The molecule has 1 aromatic heterocycles. The first kappa shape index (κ1) is 14.9. The number of nitrogens with one attached hydrogen (secondary N) is 1. The van der Waals surface area contributed by atoms with Crippen molar-refractivity contribution in [1.82, 2.24) is 10.5 Å². The number of hydrogen-bond donors (Lipinski definition) is 2. The fourth-order valence-corrected chi connectivity index (χ4v) is 2.01. The summed E-state index contributed by atoms with van der Waals surface area (Å²) in [6.45, 7) is 3.95. The summed E-state index contributed by atoms with van der Waals surface area (Å²) in [6, 6.07) is 4.95. The molecule has 0 saturated carbocycles. The summed E-state index contributed by atoms with van der Waals surface area (Å²) in [4.78, 5) is 11.9. The number of aromatic nitrogens is 1. The van der Waals surface area contributed by atoms with Gasteiger partial charge in [-0.05, 0) is 31.5 Å². The van der Waals surface area contributed by atoms with Crippen LogP contribution in [-0.4, -0.2) is 23.3 Å². The molecular formula is C15H18N2O4. The molecule has 2 aromatic rings. The van der Waals surface area contributed by atoms with E-state index < -0.39 is 0 Å². The van der Waals surface area contributed by atoms with Crippen molar-refractivity contribution in [2.75, 3.05) is 7.11 Å². The summed E-state index contributed by atoms with van der Waals surface area (Å²) in [5.41, 5.74) is 2.39. The molecule has 0 aliphatic carbocycles. The van der Waals surface area contributed by atoms with Gasteiger partial charge in [0.25, 0.3) is 0 Å². The normalized spacial score (nSPS) is 10.4. The summed E-state index contributed by atoms with van der Waals surface area (Å²) in [7, 11) is 1.48. The quantitative estimate of drug-likeness (QED) is 0.878. The Bertz CT molecular complexity index is 630. The van der Waals surface area contributed by atoms with Crippen LogP contribution in [0, 0.1) is 13.8 Å². The molecule has 1 amide bonds. The summed E-state index contributed by atoms with van der Waals surface area (Å²) in [5.74, 6) is 1.00. The van der Waals surface area contributed by atoms with E-state index in [0.29, 0.717) is 18.1 Å². The summed E-state index contributed by atoms with van der Waals surface area (Å²) < 4.78 is 10.1. The second kappa shape index (κ2) is 6.30. The molecule has 0 fully saturated rings. The first-order chi connectivity index (χ1) is 10.0. The van der Waals surface area contributed by atoms with Crippen molar-refractivity contribution in [2.45, 2.75) is 26.8 Å². The molecule has 0 radical (unpaired) electrons. The van der Waals surface area contributed by atoms with Crippen LogP contribution in [0.3, 0.4) is 0 Å². The molecule has 6 heteroatoms. The molecule has 1 heterocycles. The average Bonchev–Trinajstić information content (AvgIpc) is 2.78. The molecule has 0 aliphatic heterocycles. The van der Waals surface area contributed by atoms with Gasteiger partial charge in [0, 0.05) is 12.1 Å². The number of hydrogen-bond acceptors (Lipinski definition) is 5. The minimum atomic E-state index is -0.114. The second-order valence-electron chi connectivity index (χ2n) is 4.76. The lowest BCUT2D eigenvalue weighted by Crippen LogP contribution is -2.24. The smallest absolute Gasteiger partial charge is 0.224 e. The number of phenolic OH excluding ortho intramolecular Hbond substituents is 1. The number of benzene rings is 1. The van der Waals surface area contributed by atoms with Gasteiger partial charge in [-0.3, -0.25) is 4.79 Å². The van der Waals surface area contributed by atoms with Crippen molar-refractivity contribution in [3.05, 3.63) is 40.8 Å². The van der Waals surface area contributed by atoms with Crippen LogP contribution in [0.2, 0.25) is 0 Å². The van der Waals surface area contributed by atoms with Crippen LogP contribution in [-0.2, 0) is 17.8 Å². The predicted molar refractivity (Wildman–Crippen MR) is 76.2 cm³/mol. The van der Waals surface area contributed by atoms with Crippen LogP contribution >= 0.6 is 0 Å². The number of phenols is 1. The van der Waals surface area contributed by atoms with E-state index in [0.717, 1.165) is 16.8 Å². The van der Waals surface area contributed by atoms with Crippen molar-refractivity contribution in [3.8, 4) is 11.5 Å². The Hall–Kier alpha value is -2.50. The van der Waals surface area contributed by atoms with Crippen LogP contribution in [0.4, 0.5) is 0 Å². The number of carbonyl (C=O) groups excluding carboxylic acids is 1. The van der Waals surface area contributed by atoms with Crippen LogP contribution in [0.5, 0.6) is 11.5 Å². The summed E-state index contributed by atoms with van der Waals surface area (Å²) in [5, 5.41) is 16.2. The first-order valence-electron chi connectivity index (χ1n) is 6.55. The molecule has 2 N–H and O–H groups in total. The zero-order valence-electron chi connectivity index (χ0n) is 12.3. The van der Waals surface area contributed by atoms with Crippen LogP contribution in [0.1, 0.15) is 22.6 Å². The molecule has 0 saturated heterocycles. The van der Waals surface area contributed by atoms with Crippen molar-refractivity contribution in [2.24, 2.45) is 0 Å². The minimum Gasteiger partial charge on any atom is -0.504 e. The van der Waals surface area contributed by atoms with Crippen molar-refractivity contribution in [3.63, 3.8) is 0 Å². The highest BCUT2D eigenvalue weighted by Gasteiger charge is 2.13. The largest absolute Gasteiger partial charge is 0.504 e. The average molecular weight is 290 g/mol. The van der Waals surface area contributed by atoms with Gasteiger partial charge in [0.1, 0.15) is 5.76 Å². The zero-order valence-corrected chi connectivity index (χ0v) is 12.3. The molecule has 0 unspecified atom stereocenters. The lowest BCUT2D eigenvalue weighted by molar-refractivity contribution is -0.120. The number of nitrogens with zero attached hydrogens (tertiary/aromatic N) is 1. The maximum Gasteiger partial charge on any atom is 0.224 e. The Morgan fingerprint density at radius 2 is 2.19 bits per heavy atom. The lowest BCUT2D eigenvalue weighted by Gasteiger charge is -2.08. The number of rotatable bonds is 5. The number of amides is 1. The van der Waals surface area contributed by atoms with Gasteiger partial charge in [-0.1, -0.05) is 11.2 Å². The Morgan fingerprint density at radius 1 is 1.43 bits per heavy atom. The monoisotopic (exact) mass is 290 g/mol. The van der Waals surface area contributed by atoms with E-state index >= 15 is 0 Å². The van der Waals surface area contributed by atoms with Gasteiger partial charge in [-0.25, -0.2) is 0 Å². The number of aromatic hydroxyl groups is 1.